The van der Waals surface area contributed by atoms with E-state index in [0.29, 0.717) is 16.7 Å². The van der Waals surface area contributed by atoms with Crippen molar-refractivity contribution in [1.29, 1.82) is 0 Å². The molecule has 3 aromatic rings. The quantitative estimate of drug-likeness (QED) is 0.672. The number of benzene rings is 2. The molecule has 6 nitrogen and oxygen atoms in total. The standard InChI is InChI=1S/C20H20ClN5O/c1-26(2)17-9-7-16(8-10-17)22-18-11-12-19(25-24-18)23-20(27)13-14-3-5-15(21)6-4-14/h3-12H,13H2,1-2H3,(H,22,24)(H,23,25,27). The molecule has 138 valence electrons. The van der Waals surface area contributed by atoms with E-state index >= 15 is 0 Å². The Balaban J connectivity index is 1.56. The van der Waals surface area contributed by atoms with Gasteiger partial charge >= 0.3 is 0 Å². The van der Waals surface area contributed by atoms with E-state index in [0.717, 1.165) is 16.9 Å². The van der Waals surface area contributed by atoms with Gasteiger partial charge in [-0.05, 0) is 54.1 Å². The van der Waals surface area contributed by atoms with Crippen molar-refractivity contribution in [3.8, 4) is 0 Å². The van der Waals surface area contributed by atoms with E-state index in [9.17, 15) is 4.79 Å². The molecule has 0 aliphatic carbocycles. The average molecular weight is 382 g/mol. The zero-order valence-electron chi connectivity index (χ0n) is 15.1. The van der Waals surface area contributed by atoms with Gasteiger partial charge in [-0.15, -0.1) is 10.2 Å². The number of hydrogen-bond acceptors (Lipinski definition) is 5. The van der Waals surface area contributed by atoms with Gasteiger partial charge in [0.15, 0.2) is 11.6 Å². The van der Waals surface area contributed by atoms with Gasteiger partial charge in [0.05, 0.1) is 6.42 Å². The highest BCUT2D eigenvalue weighted by atomic mass is 35.5. The minimum Gasteiger partial charge on any atom is -0.378 e. The van der Waals surface area contributed by atoms with E-state index in [4.69, 9.17) is 11.6 Å². The van der Waals surface area contributed by atoms with Gasteiger partial charge in [-0.1, -0.05) is 23.7 Å². The van der Waals surface area contributed by atoms with Crippen LogP contribution in [0.15, 0.2) is 60.7 Å². The average Bonchev–Trinajstić information content (AvgIpc) is 2.66. The van der Waals surface area contributed by atoms with Crippen LogP contribution in [0.1, 0.15) is 5.56 Å². The summed E-state index contributed by atoms with van der Waals surface area (Å²) in [6.45, 7) is 0. The number of hydrogen-bond donors (Lipinski definition) is 2. The van der Waals surface area contributed by atoms with Crippen LogP contribution in [-0.2, 0) is 11.2 Å². The van der Waals surface area contributed by atoms with Gasteiger partial charge in [-0.2, -0.15) is 0 Å². The van der Waals surface area contributed by atoms with Crippen LogP contribution < -0.4 is 15.5 Å². The smallest absolute Gasteiger partial charge is 0.229 e. The van der Waals surface area contributed by atoms with Crippen molar-refractivity contribution in [3.05, 3.63) is 71.2 Å². The fraction of sp³-hybridized carbons (Fsp3) is 0.150. The summed E-state index contributed by atoms with van der Waals surface area (Å²) in [4.78, 5) is 14.1. The zero-order valence-corrected chi connectivity index (χ0v) is 15.9. The van der Waals surface area contributed by atoms with Crippen LogP contribution in [0, 0.1) is 0 Å². The summed E-state index contributed by atoms with van der Waals surface area (Å²) in [5.41, 5.74) is 2.91. The highest BCUT2D eigenvalue weighted by Gasteiger charge is 2.06. The Labute approximate surface area is 163 Å². The topological polar surface area (TPSA) is 70.2 Å². The third kappa shape index (κ3) is 5.43. The summed E-state index contributed by atoms with van der Waals surface area (Å²) in [6.07, 6.45) is 0.247. The number of nitrogens with zero attached hydrogens (tertiary/aromatic N) is 3. The molecule has 1 amide bonds. The lowest BCUT2D eigenvalue weighted by Crippen LogP contribution is -2.15. The maximum atomic E-state index is 12.1. The molecule has 2 N–H and O–H groups in total. The molecule has 0 fully saturated rings. The van der Waals surface area contributed by atoms with Gasteiger partial charge < -0.3 is 15.5 Å². The number of amides is 1. The molecule has 27 heavy (non-hydrogen) atoms. The van der Waals surface area contributed by atoms with Crippen molar-refractivity contribution in [2.75, 3.05) is 29.6 Å². The lowest BCUT2D eigenvalue weighted by molar-refractivity contribution is -0.115. The van der Waals surface area contributed by atoms with Crippen molar-refractivity contribution in [2.24, 2.45) is 0 Å². The van der Waals surface area contributed by atoms with Gasteiger partial charge in [0.2, 0.25) is 5.91 Å². The SMILES string of the molecule is CN(C)c1ccc(Nc2ccc(NC(=O)Cc3ccc(Cl)cc3)nn2)cc1. The van der Waals surface area contributed by atoms with E-state index in [2.05, 4.69) is 20.8 Å². The summed E-state index contributed by atoms with van der Waals surface area (Å²) in [5, 5.41) is 14.7. The van der Waals surface area contributed by atoms with Crippen molar-refractivity contribution in [2.45, 2.75) is 6.42 Å². The van der Waals surface area contributed by atoms with Gasteiger partial charge in [-0.25, -0.2) is 0 Å². The molecule has 1 aromatic heterocycles. The molecule has 2 aromatic carbocycles. The highest BCUT2D eigenvalue weighted by Crippen LogP contribution is 2.19. The Hall–Kier alpha value is -3.12. The predicted molar refractivity (Wildman–Crippen MR) is 110 cm³/mol. The second kappa shape index (κ2) is 8.51. The van der Waals surface area contributed by atoms with Crippen LogP contribution in [0.3, 0.4) is 0 Å². The second-order valence-corrected chi connectivity index (χ2v) is 6.66. The minimum absolute atomic E-state index is 0.161. The Kier molecular flexibility index (Phi) is 5.88. The molecule has 0 atom stereocenters. The molecule has 0 saturated carbocycles. The zero-order chi connectivity index (χ0) is 19.2. The van der Waals surface area contributed by atoms with E-state index in [-0.39, 0.29) is 12.3 Å². The van der Waals surface area contributed by atoms with Gasteiger partial charge in [-0.3, -0.25) is 4.79 Å². The van der Waals surface area contributed by atoms with Crippen LogP contribution in [0.25, 0.3) is 0 Å². The summed E-state index contributed by atoms with van der Waals surface area (Å²) >= 11 is 5.85. The summed E-state index contributed by atoms with van der Waals surface area (Å²) in [6, 6.07) is 18.6. The van der Waals surface area contributed by atoms with E-state index in [1.807, 2.05) is 55.4 Å². The summed E-state index contributed by atoms with van der Waals surface area (Å²) < 4.78 is 0. The van der Waals surface area contributed by atoms with Crippen molar-refractivity contribution in [1.82, 2.24) is 10.2 Å². The first kappa shape index (κ1) is 18.7. The normalized spacial score (nSPS) is 10.3. The maximum absolute atomic E-state index is 12.1. The monoisotopic (exact) mass is 381 g/mol. The first-order valence-corrected chi connectivity index (χ1v) is 8.80. The number of anilines is 4. The Bertz CT molecular complexity index is 893. The molecular formula is C20H20ClN5O. The number of carbonyl (C=O) groups is 1. The molecule has 0 saturated heterocycles. The van der Waals surface area contributed by atoms with E-state index in [1.54, 1.807) is 24.3 Å². The maximum Gasteiger partial charge on any atom is 0.229 e. The molecule has 0 unspecified atom stereocenters. The number of rotatable bonds is 6. The second-order valence-electron chi connectivity index (χ2n) is 6.22. The molecule has 0 aliphatic rings. The van der Waals surface area contributed by atoms with Gasteiger partial charge in [0.1, 0.15) is 0 Å². The van der Waals surface area contributed by atoms with E-state index < -0.39 is 0 Å². The highest BCUT2D eigenvalue weighted by molar-refractivity contribution is 6.30. The number of aromatic nitrogens is 2. The van der Waals surface area contributed by atoms with Crippen molar-refractivity contribution >= 4 is 40.5 Å². The molecule has 0 bridgehead atoms. The van der Waals surface area contributed by atoms with E-state index in [1.165, 1.54) is 0 Å². The van der Waals surface area contributed by atoms with Crippen LogP contribution in [0.4, 0.5) is 23.0 Å². The van der Waals surface area contributed by atoms with Gasteiger partial charge in [0.25, 0.3) is 0 Å². The third-order valence-corrected chi connectivity index (χ3v) is 4.12. The predicted octanol–water partition coefficient (Wildman–Crippen LogP) is 4.12. The fourth-order valence-corrected chi connectivity index (χ4v) is 2.56. The first-order valence-electron chi connectivity index (χ1n) is 8.42. The lowest BCUT2D eigenvalue weighted by atomic mass is 10.1. The van der Waals surface area contributed by atoms with Crippen LogP contribution in [-0.4, -0.2) is 30.2 Å². The van der Waals surface area contributed by atoms with Gasteiger partial charge in [0, 0.05) is 30.5 Å². The number of halogens is 1. The minimum atomic E-state index is -0.161. The number of nitrogens with one attached hydrogen (secondary N) is 2. The van der Waals surface area contributed by atoms with Crippen LogP contribution >= 0.6 is 11.6 Å². The summed E-state index contributed by atoms with van der Waals surface area (Å²) in [5.74, 6) is 0.845. The Morgan fingerprint density at radius 2 is 1.56 bits per heavy atom. The lowest BCUT2D eigenvalue weighted by Gasteiger charge is -2.13. The molecular weight excluding hydrogens is 362 g/mol. The van der Waals surface area contributed by atoms with Crippen molar-refractivity contribution < 1.29 is 4.79 Å². The first-order chi connectivity index (χ1) is 13.0. The Morgan fingerprint density at radius 1 is 0.926 bits per heavy atom. The van der Waals surface area contributed by atoms with Crippen molar-refractivity contribution in [3.63, 3.8) is 0 Å². The molecule has 3 rings (SSSR count). The number of carbonyl (C=O) groups excluding carboxylic acids is 1. The Morgan fingerprint density at radius 3 is 2.15 bits per heavy atom. The molecule has 0 aliphatic heterocycles. The summed E-state index contributed by atoms with van der Waals surface area (Å²) in [7, 11) is 3.99. The van der Waals surface area contributed by atoms with Crippen LogP contribution in [0.5, 0.6) is 0 Å². The molecule has 0 spiro atoms. The largest absolute Gasteiger partial charge is 0.378 e. The fourth-order valence-electron chi connectivity index (χ4n) is 2.43. The third-order valence-electron chi connectivity index (χ3n) is 3.87. The van der Waals surface area contributed by atoms with Crippen LogP contribution in [0.2, 0.25) is 5.02 Å². The molecule has 0 radical (unpaired) electrons. The molecule has 7 heteroatoms. The molecule has 1 heterocycles.